The smallest absolute Gasteiger partial charge is 0.261 e. The van der Waals surface area contributed by atoms with Gasteiger partial charge in [-0.2, -0.15) is 0 Å². The molecule has 0 bridgehead atoms. The number of carbonyl (C=O) groups excluding carboxylic acids is 1. The van der Waals surface area contributed by atoms with Crippen LogP contribution in [0.1, 0.15) is 26.3 Å². The number of methoxy groups -OCH3 is 1. The Bertz CT molecular complexity index is 1060. The van der Waals surface area contributed by atoms with Crippen molar-refractivity contribution >= 4 is 58.2 Å². The molecule has 0 saturated carbocycles. The number of fused-ring (bicyclic) bond motifs is 3. The van der Waals surface area contributed by atoms with E-state index in [9.17, 15) is 4.79 Å². The predicted octanol–water partition coefficient (Wildman–Crippen LogP) is 6.57. The van der Waals surface area contributed by atoms with Crippen LogP contribution in [0.25, 0.3) is 0 Å². The molecule has 2 aliphatic rings. The molecule has 1 saturated heterocycles. The Labute approximate surface area is 197 Å². The second kappa shape index (κ2) is 8.93. The molecule has 0 N–H and O–H groups in total. The number of anilines is 1. The minimum atomic E-state index is -0.961. The molecule has 2 atom stereocenters. The molecule has 31 heavy (non-hydrogen) atoms. The number of thioether (sulfide) groups is 2. The maximum absolute atomic E-state index is 14.0. The van der Waals surface area contributed by atoms with Gasteiger partial charge in [0.2, 0.25) is 0 Å². The molecule has 162 valence electrons. The minimum Gasteiger partial charge on any atom is -0.497 e. The van der Waals surface area contributed by atoms with Crippen LogP contribution in [-0.2, 0) is 9.67 Å². The number of amides is 1. The second-order valence-corrected chi connectivity index (χ2v) is 10.7. The number of halogens is 1. The molecule has 4 nitrogen and oxygen atoms in total. The number of rotatable bonds is 6. The summed E-state index contributed by atoms with van der Waals surface area (Å²) in [6.07, 6.45) is 0. The summed E-state index contributed by atoms with van der Waals surface area (Å²) in [6, 6.07) is 15.4. The molecule has 2 unspecified atom stereocenters. The zero-order valence-electron chi connectivity index (χ0n) is 18.0. The monoisotopic (exact) mass is 472 g/mol. The van der Waals surface area contributed by atoms with Crippen molar-refractivity contribution in [3.63, 3.8) is 0 Å². The fourth-order valence-electron chi connectivity index (χ4n) is 4.13. The first-order chi connectivity index (χ1) is 15.0. The summed E-state index contributed by atoms with van der Waals surface area (Å²) in [5.74, 6) is 2.76. The first kappa shape index (κ1) is 22.3. The van der Waals surface area contributed by atoms with Gasteiger partial charge in [-0.25, -0.2) is 4.99 Å². The summed E-state index contributed by atoms with van der Waals surface area (Å²) in [4.78, 5) is 19.6. The van der Waals surface area contributed by atoms with E-state index in [1.807, 2.05) is 55.5 Å². The summed E-state index contributed by atoms with van der Waals surface area (Å²) < 4.78 is 6.51. The number of hydrogen-bond acceptors (Lipinski definition) is 5. The Morgan fingerprint density at radius 2 is 1.84 bits per heavy atom. The number of carbonyl (C=O) groups is 1. The zero-order valence-corrected chi connectivity index (χ0v) is 20.4. The number of piperidine rings is 1. The molecular weight excluding hydrogens is 448 g/mol. The van der Waals surface area contributed by atoms with E-state index in [1.54, 1.807) is 35.5 Å². The molecular formula is C24H25ClN2O2S2. The van der Waals surface area contributed by atoms with Crippen LogP contribution in [0.5, 0.6) is 5.75 Å². The molecule has 0 aliphatic carbocycles. The normalized spacial score (nSPS) is 22.2. The highest BCUT2D eigenvalue weighted by atomic mass is 35.5. The highest BCUT2D eigenvalue weighted by molar-refractivity contribution is 8.22. The van der Waals surface area contributed by atoms with Crippen molar-refractivity contribution in [3.05, 3.63) is 63.9 Å². The molecule has 2 aromatic rings. The molecule has 2 aromatic carbocycles. The lowest BCUT2D eigenvalue weighted by atomic mass is 9.77. The van der Waals surface area contributed by atoms with Gasteiger partial charge in [-0.3, -0.25) is 9.69 Å². The molecule has 1 fully saturated rings. The minimum absolute atomic E-state index is 0.0506. The predicted molar refractivity (Wildman–Crippen MR) is 134 cm³/mol. The maximum Gasteiger partial charge on any atom is 0.261 e. The Morgan fingerprint density at radius 3 is 2.45 bits per heavy atom. The van der Waals surface area contributed by atoms with E-state index in [2.05, 4.69) is 13.8 Å². The fourth-order valence-corrected chi connectivity index (χ4v) is 6.92. The van der Waals surface area contributed by atoms with E-state index in [1.165, 1.54) is 0 Å². The van der Waals surface area contributed by atoms with Gasteiger partial charge in [-0.1, -0.05) is 39.0 Å². The van der Waals surface area contributed by atoms with E-state index in [-0.39, 0.29) is 11.8 Å². The summed E-state index contributed by atoms with van der Waals surface area (Å²) in [6.45, 7) is 6.25. The summed E-state index contributed by atoms with van der Waals surface area (Å²) in [7, 11) is 1.64. The number of ether oxygens (including phenoxy) is 1. The molecule has 0 radical (unpaired) electrons. The van der Waals surface area contributed by atoms with Crippen molar-refractivity contribution < 1.29 is 9.53 Å². The third kappa shape index (κ3) is 3.59. The Balaban J connectivity index is 1.99. The van der Waals surface area contributed by atoms with Crippen molar-refractivity contribution in [1.82, 2.24) is 0 Å². The van der Waals surface area contributed by atoms with Gasteiger partial charge in [-0.05, 0) is 41.8 Å². The molecule has 1 amide bonds. The van der Waals surface area contributed by atoms with Crippen molar-refractivity contribution in [1.29, 1.82) is 0 Å². The maximum atomic E-state index is 14.0. The Morgan fingerprint density at radius 1 is 1.16 bits per heavy atom. The second-order valence-electron chi connectivity index (χ2n) is 7.30. The first-order valence-corrected chi connectivity index (χ1v) is 12.7. The van der Waals surface area contributed by atoms with Gasteiger partial charge in [0.25, 0.3) is 5.91 Å². The number of hydrogen-bond donors (Lipinski definition) is 0. The average molecular weight is 473 g/mol. The van der Waals surface area contributed by atoms with Crippen LogP contribution >= 0.6 is 35.1 Å². The fraction of sp³-hybridized carbons (Fsp3) is 0.333. The molecule has 0 spiro atoms. The zero-order chi connectivity index (χ0) is 22.2. The first-order valence-electron chi connectivity index (χ1n) is 10.3. The van der Waals surface area contributed by atoms with Crippen LogP contribution in [0.2, 0.25) is 0 Å². The number of alkyl halides is 1. The quantitative estimate of drug-likeness (QED) is 0.352. The number of benzene rings is 2. The van der Waals surface area contributed by atoms with E-state index in [4.69, 9.17) is 21.3 Å². The molecule has 2 heterocycles. The lowest BCUT2D eigenvalue weighted by molar-refractivity contribution is -0.115. The summed E-state index contributed by atoms with van der Waals surface area (Å²) in [5, 5.41) is 0. The SMILES string of the molecule is CCSC(SCC)=C1C(=O)N(c2ccccc2)C2=Nc3ccc(OC)cc3C2(Cl)C1C. The van der Waals surface area contributed by atoms with E-state index < -0.39 is 4.87 Å². The van der Waals surface area contributed by atoms with Crippen LogP contribution in [0.15, 0.2) is 63.3 Å². The van der Waals surface area contributed by atoms with Crippen LogP contribution < -0.4 is 9.64 Å². The van der Waals surface area contributed by atoms with Crippen molar-refractivity contribution in [3.8, 4) is 5.75 Å². The number of amidine groups is 1. The topological polar surface area (TPSA) is 41.9 Å². The van der Waals surface area contributed by atoms with Crippen molar-refractivity contribution in [2.75, 3.05) is 23.5 Å². The van der Waals surface area contributed by atoms with E-state index >= 15 is 0 Å². The van der Waals surface area contributed by atoms with Gasteiger partial charge in [0.05, 0.1) is 18.5 Å². The summed E-state index contributed by atoms with van der Waals surface area (Å²) in [5.41, 5.74) is 3.18. The van der Waals surface area contributed by atoms with Crippen LogP contribution in [-0.4, -0.2) is 30.4 Å². The number of para-hydroxylation sites is 1. The number of nitrogens with zero attached hydrogens (tertiary/aromatic N) is 2. The van der Waals surface area contributed by atoms with Gasteiger partial charge >= 0.3 is 0 Å². The van der Waals surface area contributed by atoms with Gasteiger partial charge in [0.15, 0.2) is 0 Å². The Kier molecular flexibility index (Phi) is 6.42. The van der Waals surface area contributed by atoms with Gasteiger partial charge in [0.1, 0.15) is 16.5 Å². The third-order valence-electron chi connectivity index (χ3n) is 5.61. The lowest BCUT2D eigenvalue weighted by Crippen LogP contribution is -2.55. The largest absolute Gasteiger partial charge is 0.497 e. The number of aliphatic imine (C=N–C) groups is 1. The average Bonchev–Trinajstić information content (AvgIpc) is 3.08. The molecule has 7 heteroatoms. The molecule has 2 aliphatic heterocycles. The van der Waals surface area contributed by atoms with Crippen LogP contribution in [0, 0.1) is 5.92 Å². The standard InChI is InChI=1S/C24H25ClN2O2S2/c1-5-30-22(31-6-2)20-15(3)24(25)18-14-17(29-4)12-13-19(18)26-23(24)27(21(20)28)16-10-8-7-9-11-16/h7-15H,5-6H2,1-4H3. The van der Waals surface area contributed by atoms with Crippen molar-refractivity contribution in [2.45, 2.75) is 25.6 Å². The van der Waals surface area contributed by atoms with Crippen molar-refractivity contribution in [2.24, 2.45) is 10.9 Å². The van der Waals surface area contributed by atoms with Gasteiger partial charge in [0, 0.05) is 21.3 Å². The molecule has 0 aromatic heterocycles. The van der Waals surface area contributed by atoms with Crippen LogP contribution in [0.3, 0.4) is 0 Å². The third-order valence-corrected chi connectivity index (χ3v) is 8.56. The molecule has 4 rings (SSSR count). The summed E-state index contributed by atoms with van der Waals surface area (Å²) >= 11 is 10.9. The van der Waals surface area contributed by atoms with Gasteiger partial charge in [-0.15, -0.1) is 35.1 Å². The van der Waals surface area contributed by atoms with Gasteiger partial charge < -0.3 is 4.74 Å². The van der Waals surface area contributed by atoms with E-state index in [0.717, 1.165) is 44.0 Å². The highest BCUT2D eigenvalue weighted by Crippen LogP contribution is 2.56. The van der Waals surface area contributed by atoms with Crippen LogP contribution in [0.4, 0.5) is 11.4 Å². The van der Waals surface area contributed by atoms with E-state index in [0.29, 0.717) is 5.84 Å². The Hall–Kier alpha value is -1.89. The lowest BCUT2D eigenvalue weighted by Gasteiger charge is -2.43. The highest BCUT2D eigenvalue weighted by Gasteiger charge is 2.57.